The molecule has 1 aliphatic carbocycles. The number of allylic oxidation sites excluding steroid dienone is 1. The maximum absolute atomic E-state index is 6.97. The van der Waals surface area contributed by atoms with E-state index in [1.54, 1.807) is 7.11 Å². The van der Waals surface area contributed by atoms with Gasteiger partial charge in [-0.15, -0.1) is 0 Å². The molecular formula is C41H48ClNO4Si. The summed E-state index contributed by atoms with van der Waals surface area (Å²) in [6.07, 6.45) is 5.28. The van der Waals surface area contributed by atoms with Gasteiger partial charge in [0.05, 0.1) is 17.8 Å². The molecule has 7 heteroatoms. The third-order valence-corrected chi connectivity index (χ3v) is 14.9. The lowest BCUT2D eigenvalue weighted by molar-refractivity contribution is -0.171. The minimum atomic E-state index is -2.07. The number of pyridine rings is 1. The number of rotatable bonds is 9. The number of ether oxygens (including phenoxy) is 3. The van der Waals surface area contributed by atoms with E-state index in [1.165, 1.54) is 0 Å². The minimum Gasteiger partial charge on any atom is -0.543 e. The second-order valence-corrected chi connectivity index (χ2v) is 19.8. The fourth-order valence-electron chi connectivity index (χ4n) is 6.56. The molecule has 3 aromatic carbocycles. The number of nitrogens with zero attached hydrogens (tertiary/aromatic N) is 1. The Labute approximate surface area is 292 Å². The fraction of sp³-hybridized carbons (Fsp3) is 0.390. The Kier molecular flexibility index (Phi) is 9.92. The fourth-order valence-corrected chi connectivity index (χ4v) is 7.88. The maximum atomic E-state index is 6.97. The van der Waals surface area contributed by atoms with Crippen molar-refractivity contribution in [2.24, 2.45) is 5.92 Å². The van der Waals surface area contributed by atoms with Crippen LogP contribution >= 0.6 is 11.6 Å². The molecule has 1 saturated heterocycles. The average Bonchev–Trinajstić information content (AvgIpc) is 3.67. The van der Waals surface area contributed by atoms with Gasteiger partial charge in [0.25, 0.3) is 8.32 Å². The third kappa shape index (κ3) is 7.13. The summed E-state index contributed by atoms with van der Waals surface area (Å²) in [5.74, 6) is 0.895. The van der Waals surface area contributed by atoms with Crippen LogP contribution in [0.3, 0.4) is 0 Å². The molecule has 4 aromatic rings. The summed E-state index contributed by atoms with van der Waals surface area (Å²) in [5, 5.41) is 0.658. The molecule has 1 saturated carbocycles. The highest BCUT2D eigenvalue weighted by atomic mass is 35.5. The number of aromatic nitrogens is 1. The molecule has 0 amide bonds. The van der Waals surface area contributed by atoms with E-state index in [1.807, 2.05) is 24.3 Å². The van der Waals surface area contributed by atoms with Crippen molar-refractivity contribution in [3.63, 3.8) is 0 Å². The van der Waals surface area contributed by atoms with E-state index in [9.17, 15) is 0 Å². The van der Waals surface area contributed by atoms with Gasteiger partial charge in [-0.1, -0.05) is 118 Å². The first-order valence-electron chi connectivity index (χ1n) is 17.1. The van der Waals surface area contributed by atoms with E-state index < -0.39 is 14.1 Å². The van der Waals surface area contributed by atoms with Gasteiger partial charge < -0.3 is 18.6 Å². The zero-order valence-electron chi connectivity index (χ0n) is 29.3. The van der Waals surface area contributed by atoms with Crippen LogP contribution < -0.4 is 9.16 Å². The van der Waals surface area contributed by atoms with Gasteiger partial charge in [0.15, 0.2) is 5.79 Å². The van der Waals surface area contributed by atoms with Gasteiger partial charge in [0.2, 0.25) is 5.88 Å². The normalized spacial score (nSPS) is 21.1. The van der Waals surface area contributed by atoms with Crippen molar-refractivity contribution in [3.05, 3.63) is 130 Å². The molecule has 0 N–H and O–H groups in total. The molecule has 3 atom stereocenters. The Morgan fingerprint density at radius 3 is 2.10 bits per heavy atom. The Morgan fingerprint density at radius 2 is 1.56 bits per heavy atom. The lowest BCUT2D eigenvalue weighted by Crippen LogP contribution is -2.43. The smallest absolute Gasteiger partial charge is 0.250 e. The monoisotopic (exact) mass is 681 g/mol. The third-order valence-electron chi connectivity index (χ3n) is 10.3. The van der Waals surface area contributed by atoms with Crippen LogP contribution in [0.1, 0.15) is 87.1 Å². The molecule has 6 rings (SSSR count). The molecule has 2 heterocycles. The molecular weight excluding hydrogens is 634 g/mol. The molecule has 2 aliphatic rings. The van der Waals surface area contributed by atoms with Crippen molar-refractivity contribution in [1.29, 1.82) is 0 Å². The first-order valence-corrected chi connectivity index (χ1v) is 20.4. The predicted octanol–water partition coefficient (Wildman–Crippen LogP) is 11.1. The summed E-state index contributed by atoms with van der Waals surface area (Å²) in [7, 11) is -0.392. The number of hydrogen-bond acceptors (Lipinski definition) is 5. The molecule has 0 bridgehead atoms. The van der Waals surface area contributed by atoms with E-state index in [0.29, 0.717) is 10.9 Å². The van der Waals surface area contributed by atoms with Gasteiger partial charge in [-0.3, -0.25) is 0 Å². The SMILES string of the molecule is CCc1ccc(/C(=C\[C@H]2CCC3(C2)O[C@H](c2ccccc2)[C@@H](c2ccccc2)O3)c2ccc(O[Si](C)(C)C(C)(C)C)c(Cl)c2)nc1OC. The molecule has 1 spiro atoms. The molecule has 1 aromatic heterocycles. The van der Waals surface area contributed by atoms with Crippen LogP contribution in [-0.2, 0) is 15.9 Å². The summed E-state index contributed by atoms with van der Waals surface area (Å²) in [5.41, 5.74) is 6.17. The van der Waals surface area contributed by atoms with Crippen LogP contribution in [-0.4, -0.2) is 26.2 Å². The topological polar surface area (TPSA) is 49.8 Å². The van der Waals surface area contributed by atoms with Crippen molar-refractivity contribution in [2.75, 3.05) is 7.11 Å². The zero-order chi connectivity index (χ0) is 34.1. The van der Waals surface area contributed by atoms with Gasteiger partial charge in [0, 0.05) is 24.0 Å². The molecule has 0 radical (unpaired) electrons. The number of halogens is 1. The number of hydrogen-bond donors (Lipinski definition) is 0. The van der Waals surface area contributed by atoms with Crippen LogP contribution in [0.4, 0.5) is 0 Å². The largest absolute Gasteiger partial charge is 0.543 e. The van der Waals surface area contributed by atoms with Gasteiger partial charge in [-0.2, -0.15) is 0 Å². The highest BCUT2D eigenvalue weighted by Crippen LogP contribution is 2.55. The van der Waals surface area contributed by atoms with E-state index in [0.717, 1.165) is 65.0 Å². The highest BCUT2D eigenvalue weighted by Gasteiger charge is 2.52. The van der Waals surface area contributed by atoms with E-state index in [2.05, 4.69) is 114 Å². The van der Waals surface area contributed by atoms with Crippen molar-refractivity contribution in [3.8, 4) is 11.6 Å². The second-order valence-electron chi connectivity index (χ2n) is 14.6. The average molecular weight is 682 g/mol. The van der Waals surface area contributed by atoms with Crippen LogP contribution in [0.2, 0.25) is 23.2 Å². The predicted molar refractivity (Wildman–Crippen MR) is 197 cm³/mol. The summed E-state index contributed by atoms with van der Waals surface area (Å²) >= 11 is 6.97. The van der Waals surface area contributed by atoms with Crippen LogP contribution in [0, 0.1) is 5.92 Å². The first-order chi connectivity index (χ1) is 22.9. The molecule has 252 valence electrons. The van der Waals surface area contributed by atoms with E-state index in [4.69, 9.17) is 35.2 Å². The number of aryl methyl sites for hydroxylation is 1. The van der Waals surface area contributed by atoms with Gasteiger partial charge in [-0.05, 0) is 71.8 Å². The lowest BCUT2D eigenvalue weighted by atomic mass is 9.95. The quantitative estimate of drug-likeness (QED) is 0.165. The Morgan fingerprint density at radius 1 is 0.938 bits per heavy atom. The van der Waals surface area contributed by atoms with Crippen LogP contribution in [0.15, 0.2) is 97.1 Å². The van der Waals surface area contributed by atoms with Crippen LogP contribution in [0.25, 0.3) is 5.57 Å². The Balaban J connectivity index is 1.35. The standard InChI is InChI=1S/C41H48ClNO4Si/c1-8-29-19-21-35(43-39(29)44-5)33(32-20-22-36(34(42)26-32)47-48(6,7)40(2,3)4)25-28-23-24-41(27-28)45-37(30-15-11-9-12-16-30)38(46-41)31-17-13-10-14-18-31/h9-22,25-26,28,37-38H,8,23-24,27H2,1-7H3/b33-25-/t28-,37-,38-/m1/s1. The molecule has 1 aliphatic heterocycles. The number of methoxy groups -OCH3 is 1. The van der Waals surface area contributed by atoms with Crippen molar-refractivity contribution >= 4 is 25.5 Å². The van der Waals surface area contributed by atoms with E-state index >= 15 is 0 Å². The van der Waals surface area contributed by atoms with Gasteiger partial charge in [0.1, 0.15) is 18.0 Å². The summed E-state index contributed by atoms with van der Waals surface area (Å²) in [6, 6.07) is 31.2. The summed E-state index contributed by atoms with van der Waals surface area (Å²) in [4.78, 5) is 5.00. The number of benzene rings is 3. The molecule has 48 heavy (non-hydrogen) atoms. The highest BCUT2D eigenvalue weighted by molar-refractivity contribution is 6.74. The Bertz CT molecular complexity index is 1700. The maximum Gasteiger partial charge on any atom is 0.250 e. The molecule has 2 fully saturated rings. The zero-order valence-corrected chi connectivity index (χ0v) is 31.0. The lowest BCUT2D eigenvalue weighted by Gasteiger charge is -2.36. The first kappa shape index (κ1) is 34.4. The van der Waals surface area contributed by atoms with Gasteiger partial charge in [-0.25, -0.2) is 4.98 Å². The van der Waals surface area contributed by atoms with Crippen molar-refractivity contribution in [1.82, 2.24) is 4.98 Å². The molecule has 0 unspecified atom stereocenters. The van der Waals surface area contributed by atoms with Crippen LogP contribution in [0.5, 0.6) is 11.6 Å². The van der Waals surface area contributed by atoms with Crippen molar-refractivity contribution < 1.29 is 18.6 Å². The summed E-state index contributed by atoms with van der Waals surface area (Å²) < 4.78 is 26.2. The van der Waals surface area contributed by atoms with Gasteiger partial charge >= 0.3 is 0 Å². The minimum absolute atomic E-state index is 0.0589. The van der Waals surface area contributed by atoms with Crippen molar-refractivity contribution in [2.45, 2.75) is 89.5 Å². The summed E-state index contributed by atoms with van der Waals surface area (Å²) in [6.45, 7) is 13.3. The second kappa shape index (κ2) is 13.8. The molecule has 5 nitrogen and oxygen atoms in total. The van der Waals surface area contributed by atoms with E-state index in [-0.39, 0.29) is 23.2 Å². The Hall–Kier alpha value is -3.42.